The summed E-state index contributed by atoms with van der Waals surface area (Å²) in [5.74, 6) is 3.79. The molecule has 14 atom stereocenters. The number of nitrogens with two attached hydrogens (primary N) is 3. The van der Waals surface area contributed by atoms with Crippen LogP contribution in [-0.2, 0) is 116 Å². The second kappa shape index (κ2) is 54.9. The number of phosphoric acid groups is 6. The molecule has 1 aliphatic carbocycles. The number of carbonyl (C=O) groups excluding carboxylic acids is 7. The predicted molar refractivity (Wildman–Crippen MR) is 498 cm³/mol. The first-order chi connectivity index (χ1) is 66.4. The van der Waals surface area contributed by atoms with E-state index in [9.17, 15) is 115 Å². The molecule has 2 saturated heterocycles. The second-order valence-electron chi connectivity index (χ2n) is 30.3. The Bertz CT molecular complexity index is 5880. The van der Waals surface area contributed by atoms with Gasteiger partial charge in [-0.2, -0.15) is 17.2 Å². The van der Waals surface area contributed by atoms with E-state index in [0.29, 0.717) is 67.3 Å². The average molecular weight is 2180 g/mol. The monoisotopic (exact) mass is 2180 g/mol. The summed E-state index contributed by atoms with van der Waals surface area (Å²) in [6.45, 7) is -1.50. The number of carboxylic acids is 4. The molecule has 7 amide bonds. The first-order valence-corrected chi connectivity index (χ1v) is 55.7. The molecule has 9 rings (SSSR count). The summed E-state index contributed by atoms with van der Waals surface area (Å²) in [5, 5.41) is 75.5. The summed E-state index contributed by atoms with van der Waals surface area (Å²) in [6.07, 6.45) is -1.90. The van der Waals surface area contributed by atoms with Crippen LogP contribution in [0.15, 0.2) is 73.6 Å². The van der Waals surface area contributed by atoms with E-state index >= 15 is 0 Å². The van der Waals surface area contributed by atoms with Crippen molar-refractivity contribution in [1.29, 1.82) is 0 Å². The molecule has 4 aromatic heterocycles. The summed E-state index contributed by atoms with van der Waals surface area (Å²) >= 11 is 0. The molecule has 6 aromatic rings. The first-order valence-electron chi connectivity index (χ1n) is 41.7. The lowest BCUT2D eigenvalue weighted by molar-refractivity contribution is -0.147. The van der Waals surface area contributed by atoms with Crippen molar-refractivity contribution in [2.75, 3.05) is 80.5 Å². The van der Waals surface area contributed by atoms with E-state index < -0.39 is 182 Å². The van der Waals surface area contributed by atoms with Crippen LogP contribution in [0.25, 0.3) is 33.2 Å². The number of nitrogens with zero attached hydrogens (tertiary/aromatic N) is 6. The van der Waals surface area contributed by atoms with Crippen LogP contribution in [0.2, 0.25) is 0 Å². The van der Waals surface area contributed by atoms with Crippen molar-refractivity contribution in [1.82, 2.24) is 66.3 Å². The highest BCUT2D eigenvalue weighted by atomic mass is 33.1. The van der Waals surface area contributed by atoms with Crippen LogP contribution in [0.1, 0.15) is 131 Å². The van der Waals surface area contributed by atoms with E-state index in [4.69, 9.17) is 66.3 Å². The van der Waals surface area contributed by atoms with Crippen LogP contribution in [0.3, 0.4) is 0 Å². The number of nitrogens with one attached hydrogen (secondary N) is 7. The van der Waals surface area contributed by atoms with Gasteiger partial charge in [-0.15, -0.1) is 0 Å². The highest BCUT2D eigenvalue weighted by Gasteiger charge is 2.46. The van der Waals surface area contributed by atoms with Gasteiger partial charge in [-0.1, -0.05) is 128 Å². The zero-order valence-electron chi connectivity index (χ0n) is 73.6. The van der Waals surface area contributed by atoms with Crippen molar-refractivity contribution in [3.8, 4) is 34.8 Å². The minimum atomic E-state index is -5.78. The van der Waals surface area contributed by atoms with Crippen molar-refractivity contribution < 1.29 is 190 Å². The van der Waals surface area contributed by atoms with E-state index in [1.165, 1.54) is 64.7 Å². The fourth-order valence-electron chi connectivity index (χ4n) is 13.4. The largest absolute Gasteiger partial charge is 0.490 e. The lowest BCUT2D eigenvalue weighted by Gasteiger charge is -2.19. The zero-order valence-corrected chi connectivity index (χ0v) is 82.2. The van der Waals surface area contributed by atoms with E-state index in [1.54, 1.807) is 0 Å². The van der Waals surface area contributed by atoms with Crippen LogP contribution in [0, 0.1) is 23.7 Å². The molecule has 774 valence electrons. The molecule has 2 aliphatic heterocycles. The van der Waals surface area contributed by atoms with Crippen molar-refractivity contribution in [3.63, 3.8) is 0 Å². The number of aliphatic hydroxyl groups is 2. The Labute approximate surface area is 815 Å². The number of benzene rings is 2. The molecule has 66 heteroatoms. The maximum absolute atomic E-state index is 13.5. The summed E-state index contributed by atoms with van der Waals surface area (Å²) in [4.78, 5) is 222. The van der Waals surface area contributed by atoms with Crippen molar-refractivity contribution in [2.24, 2.45) is 5.73 Å². The quantitative estimate of drug-likeness (QED) is 0.0113. The van der Waals surface area contributed by atoms with Gasteiger partial charge in [0, 0.05) is 92.9 Å². The smallest absolute Gasteiger partial charge is 0.481 e. The number of rotatable bonds is 55. The van der Waals surface area contributed by atoms with Crippen LogP contribution in [-0.4, -0.2) is 282 Å². The number of alkyl carbamates (subject to hydrolysis) is 1. The minimum Gasteiger partial charge on any atom is -0.481 e. The van der Waals surface area contributed by atoms with Gasteiger partial charge in [-0.25, -0.2) is 61.7 Å². The Morgan fingerprint density at radius 3 is 1.30 bits per heavy atom. The molecule has 2 fully saturated rings. The zero-order chi connectivity index (χ0) is 104. The minimum absolute atomic E-state index is 0.00130. The van der Waals surface area contributed by atoms with Crippen LogP contribution >= 0.6 is 90.1 Å². The Morgan fingerprint density at radius 2 is 0.894 bits per heavy atom. The highest BCUT2D eigenvalue weighted by molar-refractivity contribution is 8.77. The van der Waals surface area contributed by atoms with Gasteiger partial charge in [0.2, 0.25) is 35.4 Å². The lowest BCUT2D eigenvalue weighted by atomic mass is 9.98. The number of nitrogen functional groups attached to an aromatic ring is 2. The molecule has 0 spiro atoms. The van der Waals surface area contributed by atoms with Crippen LogP contribution in [0.5, 0.6) is 0 Å². The van der Waals surface area contributed by atoms with Crippen molar-refractivity contribution in [3.05, 3.63) is 95.8 Å². The van der Waals surface area contributed by atoms with Gasteiger partial charge in [0.1, 0.15) is 85.0 Å². The number of ether oxygens (including phenoxy) is 3. The Kier molecular flexibility index (Phi) is 45.4. The number of anilines is 2. The number of hydrogen-bond acceptors (Lipinski definition) is 39. The fourth-order valence-corrected chi connectivity index (χ4v) is 23.7. The molecule has 0 saturated carbocycles. The average Bonchev–Trinajstić information content (AvgIpc) is 1.62. The molecule has 0 bridgehead atoms. The fraction of sp³-hybridized carbons (Fsp3) is 0.480. The molecular formula is C75H100N16O40P6S4. The maximum Gasteiger partial charge on any atom is 0.490 e. The summed E-state index contributed by atoms with van der Waals surface area (Å²) < 4.78 is 114. The number of phosphoric ester groups is 2. The van der Waals surface area contributed by atoms with Gasteiger partial charge < -0.3 is 148 Å². The number of amides is 7. The number of fused-ring (bicyclic) bond motifs is 5. The SMILES string of the molecule is Nc1ncnc2c1c(C#CCNC(=O)CCSSCC(N)C(=O)NCCCCCC(=O)NC(CC(=O)O)C(=O)O)cn2C1CC(O)C(COP(=O)(O)OP(=O)(O)OP(=O)(O)O)O1.Nc1ncnc2c1c(C#CCNC(=O)CCSSCC(NC(=O)OCC1c3ccccc3-c3ccccc31)C(=O)NCCCCCC(=O)NC(CC(=O)O)C(=O)O)cn2C1CC(O)C(COP(=O)(O)OP(=O)(O)OP(=O)(O)O)O1. The van der Waals surface area contributed by atoms with Gasteiger partial charge >= 0.3 is 76.9 Å². The van der Waals surface area contributed by atoms with Gasteiger partial charge in [0.25, 0.3) is 0 Å². The Morgan fingerprint density at radius 1 is 0.482 bits per heavy atom. The highest BCUT2D eigenvalue weighted by Crippen LogP contribution is 2.68. The predicted octanol–water partition coefficient (Wildman–Crippen LogP) is 2.16. The number of unbranched alkanes of at least 4 members (excludes halogenated alkanes) is 4. The Balaban J connectivity index is 0.000000356. The standard InChI is InChI=1S/C45H55N8O21P3S2.C30H45N8O19P3S2/c46-41-40-26(21-53(42(40)50-25-49-41)38-20-34(54)35(72-38)23-71-76(66,67)74-77(68,69)73-75(63,64)65)9-8-17-47-36(55)15-18-78-79-24-33(43(59)48-16-7-1-2-14-37(56)51-32(44(60)61)19-39(57)58)52-45(62)70-22-31-29-12-5-3-10-27(29)28-11-4-6-13-30(28)31;31-18(29(44)34-8-3-1-2-6-23(41)37-19(30(45)46)11-25(42)43)15-62-61-10-7-22(40)33-9-4-5-17-13-38(28-26(17)27(32)35-16-36-28)24-12-20(39)21(55-24)14-54-59(50,51)57-60(52,53)56-58(47,48)49/h3-6,10-13,21,25,31-35,38,54H,1-2,7,14-20,22-24H2,(H,47,55)(H,48,59)(H,51,56)(H,52,62)(H,57,58)(H,60,61)(H,66,67)(H,68,69)(H2,46,49,50)(H2,63,64,65);13,16,18-21,24,39H,1-3,6-12,14-15,31H2,(H,33,40)(H,34,44)(H,37,41)(H,42,43)(H,45,46)(H,50,51)(H,52,53)(H2,32,35,36)(H2,47,48,49). The lowest BCUT2D eigenvalue weighted by Crippen LogP contribution is -2.48. The second-order valence-corrected chi connectivity index (χ2v) is 44.4. The maximum atomic E-state index is 13.5. The molecule has 27 N–H and O–H groups in total. The van der Waals surface area contributed by atoms with Gasteiger partial charge in [-0.05, 0) is 47.9 Å². The summed E-state index contributed by atoms with van der Waals surface area (Å²) in [6, 6.07) is 10.6. The molecule has 14 unspecified atom stereocenters. The van der Waals surface area contributed by atoms with Crippen LogP contribution < -0.4 is 54.4 Å². The third-order valence-corrected chi connectivity index (χ3v) is 32.1. The van der Waals surface area contributed by atoms with E-state index in [1.807, 2.05) is 48.5 Å². The normalized spacial score (nSPS) is 18.6. The number of aliphatic hydroxyl groups excluding tert-OH is 2. The molecule has 0 radical (unpaired) electrons. The van der Waals surface area contributed by atoms with Gasteiger partial charge in [-0.3, -0.25) is 47.4 Å². The number of carboxylic acid groups (broad SMARTS) is 4. The van der Waals surface area contributed by atoms with E-state index in [0.717, 1.165) is 34.9 Å². The molecule has 56 nitrogen and oxygen atoms in total. The molecule has 6 heterocycles. The summed E-state index contributed by atoms with van der Waals surface area (Å²) in [7, 11) is -28.6. The summed E-state index contributed by atoms with van der Waals surface area (Å²) in [5.41, 5.74) is 23.3. The molecular weight excluding hydrogens is 2080 g/mol. The third-order valence-electron chi connectivity index (χ3n) is 19.7. The number of aliphatic carboxylic acids is 4. The number of carbonyl (C=O) groups is 11. The molecule has 2 aromatic carbocycles. The van der Waals surface area contributed by atoms with E-state index in [2.05, 4.69) is 107 Å². The van der Waals surface area contributed by atoms with Crippen molar-refractivity contribution in [2.45, 2.75) is 157 Å². The molecule has 141 heavy (non-hydrogen) atoms. The molecule has 3 aliphatic rings. The first kappa shape index (κ1) is 117. The third kappa shape index (κ3) is 39.5. The van der Waals surface area contributed by atoms with Crippen molar-refractivity contribution >= 4 is 189 Å². The number of aromatic nitrogens is 6. The van der Waals surface area contributed by atoms with Gasteiger partial charge in [0.15, 0.2) is 0 Å². The number of hydrogen-bond donors (Lipinski definition) is 24. The van der Waals surface area contributed by atoms with E-state index in [-0.39, 0.29) is 134 Å². The topological polar surface area (TPSA) is 880 Å². The Hall–Kier alpha value is -9.61. The van der Waals surface area contributed by atoms with Crippen LogP contribution in [0.4, 0.5) is 16.4 Å². The van der Waals surface area contributed by atoms with Gasteiger partial charge in [0.05, 0.1) is 79.3 Å².